The number of nitrogens with zero attached hydrogens (tertiary/aromatic N) is 1. The van der Waals surface area contributed by atoms with Crippen LogP contribution >= 0.6 is 27.3 Å². The van der Waals surface area contributed by atoms with Crippen molar-refractivity contribution >= 4 is 44.1 Å². The van der Waals surface area contributed by atoms with Crippen LogP contribution < -0.4 is 5.32 Å². The summed E-state index contributed by atoms with van der Waals surface area (Å²) in [5.74, 6) is -1.22. The van der Waals surface area contributed by atoms with Crippen molar-refractivity contribution in [3.05, 3.63) is 39.3 Å². The summed E-state index contributed by atoms with van der Waals surface area (Å²) in [5, 5.41) is 13.1. The van der Waals surface area contributed by atoms with Gasteiger partial charge in [0.2, 0.25) is 0 Å². The van der Waals surface area contributed by atoms with Crippen molar-refractivity contribution in [2.45, 2.75) is 18.8 Å². The number of carboxylic acid groups (broad SMARTS) is 1. The Bertz CT molecular complexity index is 624. The molecular weight excluding hydrogens is 328 g/mol. The summed E-state index contributed by atoms with van der Waals surface area (Å²) in [7, 11) is 0. The molecule has 0 saturated heterocycles. The number of anilines is 2. The molecule has 0 fully saturated rings. The molecule has 0 saturated carbocycles. The van der Waals surface area contributed by atoms with Crippen LogP contribution in [-0.4, -0.2) is 16.1 Å². The van der Waals surface area contributed by atoms with Crippen LogP contribution in [0.3, 0.4) is 0 Å². The second kappa shape index (κ2) is 4.94. The molecule has 1 unspecified atom stereocenters. The van der Waals surface area contributed by atoms with E-state index >= 15 is 0 Å². The van der Waals surface area contributed by atoms with Crippen LogP contribution in [0.5, 0.6) is 0 Å². The fraction of sp³-hybridized carbons (Fsp3) is 0.231. The van der Waals surface area contributed by atoms with Crippen molar-refractivity contribution < 1.29 is 9.90 Å². The summed E-state index contributed by atoms with van der Waals surface area (Å²) in [6.07, 6.45) is 1.48. The molecule has 98 valence electrons. The number of halogens is 1. The molecule has 2 aromatic rings. The predicted molar refractivity (Wildman–Crippen MR) is 78.2 cm³/mol. The van der Waals surface area contributed by atoms with Crippen LogP contribution in [0.2, 0.25) is 0 Å². The van der Waals surface area contributed by atoms with Gasteiger partial charge in [0.25, 0.3) is 0 Å². The molecule has 19 heavy (non-hydrogen) atoms. The van der Waals surface area contributed by atoms with Gasteiger partial charge in [-0.1, -0.05) is 15.9 Å². The average Bonchev–Trinajstić information content (AvgIpc) is 2.91. The molecule has 2 N–H and O–H groups in total. The normalized spacial score (nSPS) is 17.2. The van der Waals surface area contributed by atoms with Crippen molar-refractivity contribution in [3.8, 4) is 0 Å². The van der Waals surface area contributed by atoms with E-state index in [1.165, 1.54) is 0 Å². The Morgan fingerprint density at radius 1 is 1.42 bits per heavy atom. The molecule has 1 aliphatic carbocycles. The molecule has 0 radical (unpaired) electrons. The summed E-state index contributed by atoms with van der Waals surface area (Å²) in [5.41, 5.74) is 1.68. The lowest BCUT2D eigenvalue weighted by Gasteiger charge is -2.04. The van der Waals surface area contributed by atoms with E-state index in [0.29, 0.717) is 6.42 Å². The predicted octanol–water partition coefficient (Wildman–Crippen LogP) is 3.76. The monoisotopic (exact) mass is 338 g/mol. The third-order valence-electron chi connectivity index (χ3n) is 3.11. The highest BCUT2D eigenvalue weighted by Gasteiger charge is 2.32. The summed E-state index contributed by atoms with van der Waals surface area (Å²) in [6.45, 7) is 0. The number of aromatic nitrogens is 1. The first kappa shape index (κ1) is 12.6. The van der Waals surface area contributed by atoms with Crippen molar-refractivity contribution in [3.63, 3.8) is 0 Å². The lowest BCUT2D eigenvalue weighted by molar-refractivity contribution is -0.138. The number of hydrogen-bond acceptors (Lipinski definition) is 4. The van der Waals surface area contributed by atoms with Gasteiger partial charge in [0.05, 0.1) is 5.69 Å². The summed E-state index contributed by atoms with van der Waals surface area (Å²) < 4.78 is 1.02. The number of benzene rings is 1. The number of carboxylic acids is 1. The van der Waals surface area contributed by atoms with E-state index < -0.39 is 11.9 Å². The first-order chi connectivity index (χ1) is 9.13. The van der Waals surface area contributed by atoms with Crippen molar-refractivity contribution in [1.29, 1.82) is 0 Å². The zero-order valence-electron chi connectivity index (χ0n) is 9.89. The number of hydrogen-bond donors (Lipinski definition) is 2. The number of aryl methyl sites for hydroxylation is 1. The number of nitrogens with one attached hydrogen (secondary N) is 1. The highest BCUT2D eigenvalue weighted by atomic mass is 79.9. The molecule has 0 bridgehead atoms. The van der Waals surface area contributed by atoms with Gasteiger partial charge >= 0.3 is 5.97 Å². The van der Waals surface area contributed by atoms with Gasteiger partial charge in [-0.05, 0) is 37.1 Å². The molecule has 1 heterocycles. The van der Waals surface area contributed by atoms with Crippen LogP contribution in [0.4, 0.5) is 10.8 Å². The maximum atomic E-state index is 11.1. The minimum absolute atomic E-state index is 0.438. The van der Waals surface area contributed by atoms with Gasteiger partial charge < -0.3 is 10.4 Å². The number of aliphatic carboxylic acids is 1. The van der Waals surface area contributed by atoms with Crippen molar-refractivity contribution in [2.24, 2.45) is 0 Å². The Kier molecular flexibility index (Phi) is 3.28. The molecule has 4 nitrogen and oxygen atoms in total. The topological polar surface area (TPSA) is 62.2 Å². The van der Waals surface area contributed by atoms with Crippen LogP contribution in [0.25, 0.3) is 0 Å². The number of thiazole rings is 1. The quantitative estimate of drug-likeness (QED) is 0.894. The van der Waals surface area contributed by atoms with E-state index in [1.807, 2.05) is 24.3 Å². The summed E-state index contributed by atoms with van der Waals surface area (Å²) in [4.78, 5) is 16.6. The smallest absolute Gasteiger partial charge is 0.312 e. The zero-order valence-corrected chi connectivity index (χ0v) is 12.3. The van der Waals surface area contributed by atoms with Crippen LogP contribution in [-0.2, 0) is 11.2 Å². The maximum absolute atomic E-state index is 11.1. The van der Waals surface area contributed by atoms with E-state index in [0.717, 1.165) is 32.3 Å². The van der Waals surface area contributed by atoms with Gasteiger partial charge in [-0.15, -0.1) is 11.3 Å². The van der Waals surface area contributed by atoms with Gasteiger partial charge in [0, 0.05) is 15.0 Å². The molecular formula is C13H11BrN2O2S. The Hall–Kier alpha value is -1.40. The lowest BCUT2D eigenvalue weighted by atomic mass is 10.1. The third-order valence-corrected chi connectivity index (χ3v) is 4.69. The molecule has 0 amide bonds. The van der Waals surface area contributed by atoms with Crippen molar-refractivity contribution in [1.82, 2.24) is 4.98 Å². The fourth-order valence-electron chi connectivity index (χ4n) is 2.18. The van der Waals surface area contributed by atoms with Crippen LogP contribution in [0, 0.1) is 0 Å². The summed E-state index contributed by atoms with van der Waals surface area (Å²) >= 11 is 4.93. The van der Waals surface area contributed by atoms with Crippen molar-refractivity contribution in [2.75, 3.05) is 5.32 Å². The van der Waals surface area contributed by atoms with Gasteiger partial charge in [0.15, 0.2) is 5.13 Å². The number of carbonyl (C=O) groups is 1. The molecule has 1 aromatic carbocycles. The minimum Gasteiger partial charge on any atom is -0.481 e. The molecule has 1 aromatic heterocycles. The maximum Gasteiger partial charge on any atom is 0.312 e. The molecule has 0 spiro atoms. The standard InChI is InChI=1S/C13H11BrN2O2S/c14-7-1-3-8(4-2-7)15-13-16-11-9(12(17)18)5-6-10(11)19-13/h1-4,9H,5-6H2,(H,15,16)(H,17,18). The van der Waals surface area contributed by atoms with Gasteiger partial charge in [0.1, 0.15) is 5.92 Å². The van der Waals surface area contributed by atoms with E-state index in [-0.39, 0.29) is 0 Å². The van der Waals surface area contributed by atoms with Gasteiger partial charge in [-0.3, -0.25) is 4.79 Å². The second-order valence-corrected chi connectivity index (χ2v) is 6.39. The fourth-order valence-corrected chi connectivity index (χ4v) is 3.50. The van der Waals surface area contributed by atoms with Gasteiger partial charge in [-0.25, -0.2) is 4.98 Å². The van der Waals surface area contributed by atoms with E-state index in [9.17, 15) is 4.79 Å². The Labute approximate surface area is 122 Å². The van der Waals surface area contributed by atoms with Crippen LogP contribution in [0.15, 0.2) is 28.7 Å². The number of fused-ring (bicyclic) bond motifs is 1. The van der Waals surface area contributed by atoms with Crippen LogP contribution in [0.1, 0.15) is 22.9 Å². The molecule has 1 aliphatic rings. The SMILES string of the molecule is O=C(O)C1CCc2sc(Nc3ccc(Br)cc3)nc21. The van der Waals surface area contributed by atoms with Gasteiger partial charge in [-0.2, -0.15) is 0 Å². The second-order valence-electron chi connectivity index (χ2n) is 4.39. The zero-order chi connectivity index (χ0) is 13.4. The number of rotatable bonds is 3. The Balaban J connectivity index is 1.82. The molecule has 0 aliphatic heterocycles. The van der Waals surface area contributed by atoms with E-state index in [1.54, 1.807) is 11.3 Å². The third kappa shape index (κ3) is 2.50. The largest absolute Gasteiger partial charge is 0.481 e. The van der Waals surface area contributed by atoms with E-state index in [4.69, 9.17) is 5.11 Å². The van der Waals surface area contributed by atoms with E-state index in [2.05, 4.69) is 26.2 Å². The first-order valence-electron chi connectivity index (χ1n) is 5.88. The molecule has 6 heteroatoms. The molecule has 3 rings (SSSR count). The highest BCUT2D eigenvalue weighted by molar-refractivity contribution is 9.10. The average molecular weight is 339 g/mol. The minimum atomic E-state index is -0.778. The highest BCUT2D eigenvalue weighted by Crippen LogP contribution is 2.39. The Morgan fingerprint density at radius 3 is 2.84 bits per heavy atom. The summed E-state index contributed by atoms with van der Waals surface area (Å²) in [6, 6.07) is 7.80. The first-order valence-corrected chi connectivity index (χ1v) is 7.49. The Morgan fingerprint density at radius 2 is 2.16 bits per heavy atom. The molecule has 1 atom stereocenters. The lowest BCUT2D eigenvalue weighted by Crippen LogP contribution is -2.08.